The lowest BCUT2D eigenvalue weighted by atomic mass is 10.2. The molecule has 0 spiro atoms. The number of imidazole rings is 2. The zero-order chi connectivity index (χ0) is 23.1. The number of thioether (sulfide) groups is 1. The number of halogens is 6. The first-order chi connectivity index (χ1) is 15.1. The van der Waals surface area contributed by atoms with Crippen LogP contribution in [0.25, 0.3) is 16.9 Å². The summed E-state index contributed by atoms with van der Waals surface area (Å²) < 4.78 is 78.2. The van der Waals surface area contributed by atoms with Gasteiger partial charge in [-0.25, -0.2) is 14.5 Å². The van der Waals surface area contributed by atoms with Crippen LogP contribution in [0.5, 0.6) is 0 Å². The van der Waals surface area contributed by atoms with Crippen LogP contribution in [0.3, 0.4) is 0 Å². The third-order valence-corrected chi connectivity index (χ3v) is 4.77. The minimum Gasteiger partial charge on any atom is -0.360 e. The molecule has 0 unspecified atom stereocenters. The first-order valence-electron chi connectivity index (χ1n) is 8.74. The van der Waals surface area contributed by atoms with Crippen molar-refractivity contribution in [1.82, 2.24) is 34.5 Å². The molecular formula is C17H12F6N8S. The molecule has 0 saturated heterocycles. The second kappa shape index (κ2) is 7.96. The Labute approximate surface area is 179 Å². The number of anilines is 1. The molecule has 0 saturated carbocycles. The molecule has 15 heteroatoms. The maximum atomic E-state index is 13.2. The third kappa shape index (κ3) is 4.32. The molecule has 0 aliphatic heterocycles. The van der Waals surface area contributed by atoms with Gasteiger partial charge in [-0.2, -0.15) is 31.3 Å². The normalized spacial score (nSPS) is 12.5. The molecule has 0 bridgehead atoms. The topological polar surface area (TPSA) is 96.7 Å². The largest absolute Gasteiger partial charge is 0.435 e. The molecule has 0 fully saturated rings. The monoisotopic (exact) mass is 474 g/mol. The summed E-state index contributed by atoms with van der Waals surface area (Å²) in [6.45, 7) is 0.0305. The Morgan fingerprint density at radius 3 is 2.41 bits per heavy atom. The molecule has 8 nitrogen and oxygen atoms in total. The molecule has 32 heavy (non-hydrogen) atoms. The first kappa shape index (κ1) is 21.9. The number of alkyl halides is 6. The second-order valence-corrected chi connectivity index (χ2v) is 7.12. The lowest BCUT2D eigenvalue weighted by Crippen LogP contribution is -2.13. The molecule has 4 heterocycles. The molecule has 4 rings (SSSR count). The Balaban J connectivity index is 1.56. The number of hydrogen-bond donors (Lipinski definition) is 2. The zero-order valence-electron chi connectivity index (χ0n) is 16.0. The van der Waals surface area contributed by atoms with Crippen LogP contribution in [0.15, 0.2) is 35.9 Å². The highest BCUT2D eigenvalue weighted by molar-refractivity contribution is 7.98. The van der Waals surface area contributed by atoms with E-state index in [0.29, 0.717) is 27.8 Å². The van der Waals surface area contributed by atoms with E-state index < -0.39 is 23.7 Å². The summed E-state index contributed by atoms with van der Waals surface area (Å²) in [6.07, 6.45) is -4.43. The highest BCUT2D eigenvalue weighted by Crippen LogP contribution is 2.31. The van der Waals surface area contributed by atoms with Gasteiger partial charge < -0.3 is 10.3 Å². The van der Waals surface area contributed by atoms with Crippen molar-refractivity contribution in [2.75, 3.05) is 11.6 Å². The van der Waals surface area contributed by atoms with Crippen LogP contribution < -0.4 is 5.32 Å². The van der Waals surface area contributed by atoms with Gasteiger partial charge in [0.05, 0.1) is 24.6 Å². The highest BCUT2D eigenvalue weighted by atomic mass is 32.2. The average molecular weight is 474 g/mol. The van der Waals surface area contributed by atoms with Crippen molar-refractivity contribution in [3.63, 3.8) is 0 Å². The average Bonchev–Trinajstić information content (AvgIpc) is 3.38. The summed E-state index contributed by atoms with van der Waals surface area (Å²) >= 11 is 1.06. The van der Waals surface area contributed by atoms with Gasteiger partial charge in [0.2, 0.25) is 5.16 Å². The summed E-state index contributed by atoms with van der Waals surface area (Å²) in [4.78, 5) is 18.4. The molecule has 2 N–H and O–H groups in total. The van der Waals surface area contributed by atoms with Crippen molar-refractivity contribution in [2.45, 2.75) is 24.1 Å². The van der Waals surface area contributed by atoms with Crippen LogP contribution >= 0.6 is 11.8 Å². The molecular weight excluding hydrogens is 462 g/mol. The first-order valence-corrected chi connectivity index (χ1v) is 9.97. The fraction of sp³-hybridized carbons (Fsp3) is 0.235. The van der Waals surface area contributed by atoms with Gasteiger partial charge in [0.15, 0.2) is 17.2 Å². The van der Waals surface area contributed by atoms with E-state index in [-0.39, 0.29) is 23.2 Å². The lowest BCUT2D eigenvalue weighted by Gasteiger charge is -2.09. The van der Waals surface area contributed by atoms with E-state index in [1.165, 1.54) is 12.3 Å². The van der Waals surface area contributed by atoms with E-state index in [4.69, 9.17) is 0 Å². The zero-order valence-corrected chi connectivity index (χ0v) is 16.8. The van der Waals surface area contributed by atoms with Gasteiger partial charge in [-0.05, 0) is 18.4 Å². The van der Waals surface area contributed by atoms with Gasteiger partial charge in [-0.15, -0.1) is 5.10 Å². The molecule has 0 aliphatic rings. The minimum absolute atomic E-state index is 0.0305. The van der Waals surface area contributed by atoms with Crippen LogP contribution in [-0.4, -0.2) is 40.8 Å². The summed E-state index contributed by atoms with van der Waals surface area (Å²) in [7, 11) is 0. The molecule has 4 aromatic heterocycles. The maximum absolute atomic E-state index is 13.2. The van der Waals surface area contributed by atoms with Crippen molar-refractivity contribution in [2.24, 2.45) is 0 Å². The Bertz CT molecular complexity index is 1240. The van der Waals surface area contributed by atoms with Gasteiger partial charge in [-0.1, -0.05) is 11.8 Å². The van der Waals surface area contributed by atoms with Crippen molar-refractivity contribution in [3.05, 3.63) is 47.9 Å². The van der Waals surface area contributed by atoms with Crippen molar-refractivity contribution < 1.29 is 26.3 Å². The standard InChI is InChI=1S/C17H12F6N8S/c1-32-15-29-13(14-27-6-11(17(21,22)23)31(14)30-15)26-7-12-25-5-9(28-12)8-2-3-10(24-4-8)16(18,19)20/h2-6H,7H2,1H3,(H,25,28)(H,26,29,30). The Morgan fingerprint density at radius 2 is 1.78 bits per heavy atom. The van der Waals surface area contributed by atoms with Gasteiger partial charge in [-0.3, -0.25) is 4.98 Å². The molecule has 0 aliphatic carbocycles. The number of nitrogens with one attached hydrogen (secondary N) is 2. The van der Waals surface area contributed by atoms with E-state index in [9.17, 15) is 26.3 Å². The molecule has 0 aromatic carbocycles. The number of nitrogens with zero attached hydrogens (tertiary/aromatic N) is 6. The van der Waals surface area contributed by atoms with E-state index in [1.54, 1.807) is 6.26 Å². The Kier molecular flexibility index (Phi) is 5.44. The fourth-order valence-electron chi connectivity index (χ4n) is 2.75. The maximum Gasteiger partial charge on any atom is 0.435 e. The van der Waals surface area contributed by atoms with E-state index in [0.717, 1.165) is 24.0 Å². The van der Waals surface area contributed by atoms with Crippen molar-refractivity contribution in [1.29, 1.82) is 0 Å². The summed E-state index contributed by atoms with van der Waals surface area (Å²) in [5.41, 5.74) is -1.37. The lowest BCUT2D eigenvalue weighted by molar-refractivity contribution is -0.142. The Hall–Kier alpha value is -3.36. The van der Waals surface area contributed by atoms with Crippen LogP contribution in [0.2, 0.25) is 0 Å². The predicted molar refractivity (Wildman–Crippen MR) is 102 cm³/mol. The highest BCUT2D eigenvalue weighted by Gasteiger charge is 2.36. The van der Waals surface area contributed by atoms with E-state index in [1.807, 2.05) is 0 Å². The summed E-state index contributed by atoms with van der Waals surface area (Å²) in [5, 5.41) is 6.80. The van der Waals surface area contributed by atoms with Crippen molar-refractivity contribution in [3.8, 4) is 11.3 Å². The number of hydrogen-bond acceptors (Lipinski definition) is 7. The van der Waals surface area contributed by atoms with Gasteiger partial charge in [0.25, 0.3) is 0 Å². The number of aromatic nitrogens is 7. The fourth-order valence-corrected chi connectivity index (χ4v) is 3.09. The molecule has 0 atom stereocenters. The number of aromatic amines is 1. The van der Waals surface area contributed by atoms with Gasteiger partial charge >= 0.3 is 12.4 Å². The SMILES string of the molecule is CSc1nc(NCc2ncc(-c3ccc(C(F)(F)F)nc3)[nH]2)c2ncc(C(F)(F)F)n2n1. The summed E-state index contributed by atoms with van der Waals surface area (Å²) in [5.74, 6) is 0.430. The molecule has 0 radical (unpaired) electrons. The molecule has 168 valence electrons. The van der Waals surface area contributed by atoms with Crippen LogP contribution in [0.1, 0.15) is 17.2 Å². The number of H-pyrrole nitrogens is 1. The minimum atomic E-state index is -4.65. The smallest absolute Gasteiger partial charge is 0.360 e. The quantitative estimate of drug-likeness (QED) is 0.329. The molecule has 4 aromatic rings. The van der Waals surface area contributed by atoms with Gasteiger partial charge in [0.1, 0.15) is 11.5 Å². The van der Waals surface area contributed by atoms with Crippen molar-refractivity contribution >= 4 is 23.2 Å². The van der Waals surface area contributed by atoms with E-state index >= 15 is 0 Å². The van der Waals surface area contributed by atoms with Gasteiger partial charge in [0, 0.05) is 11.8 Å². The van der Waals surface area contributed by atoms with E-state index in [2.05, 4.69) is 35.3 Å². The number of pyridine rings is 1. The second-order valence-electron chi connectivity index (χ2n) is 6.35. The number of rotatable bonds is 5. The Morgan fingerprint density at radius 1 is 1.00 bits per heavy atom. The predicted octanol–water partition coefficient (Wildman–Crippen LogP) is 4.28. The van der Waals surface area contributed by atoms with Crippen LogP contribution in [-0.2, 0) is 18.9 Å². The third-order valence-electron chi connectivity index (χ3n) is 4.23. The molecule has 0 amide bonds. The van der Waals surface area contributed by atoms with Crippen LogP contribution in [0, 0.1) is 0 Å². The summed E-state index contributed by atoms with van der Waals surface area (Å²) in [6, 6.07) is 2.11. The number of fused-ring (bicyclic) bond motifs is 1. The van der Waals surface area contributed by atoms with Crippen LogP contribution in [0.4, 0.5) is 32.2 Å².